The van der Waals surface area contributed by atoms with Crippen molar-refractivity contribution in [3.63, 3.8) is 0 Å². The molecule has 0 amide bonds. The van der Waals surface area contributed by atoms with Crippen LogP contribution in [0.1, 0.15) is 25.7 Å². The number of nitrogens with one attached hydrogen (secondary N) is 1. The summed E-state index contributed by atoms with van der Waals surface area (Å²) in [5.41, 5.74) is 6.10. The average molecular weight is 227 g/mol. The number of rotatable bonds is 4. The molecule has 0 unspecified atom stereocenters. The van der Waals surface area contributed by atoms with Gasteiger partial charge in [-0.3, -0.25) is 4.90 Å². The maximum absolute atomic E-state index is 6.10. The van der Waals surface area contributed by atoms with Crippen LogP contribution in [0.15, 0.2) is 0 Å². The first-order valence-corrected chi connectivity index (χ1v) is 6.65. The molecule has 1 heterocycles. The van der Waals surface area contributed by atoms with Crippen molar-refractivity contribution in [2.24, 2.45) is 5.73 Å². The fourth-order valence-corrected chi connectivity index (χ4v) is 2.65. The molecule has 4 heteroatoms. The summed E-state index contributed by atoms with van der Waals surface area (Å²) in [6.07, 6.45) is 5.09. The van der Waals surface area contributed by atoms with Gasteiger partial charge >= 0.3 is 0 Å². The third-order valence-electron chi connectivity index (χ3n) is 3.76. The van der Waals surface area contributed by atoms with E-state index in [0.29, 0.717) is 12.1 Å². The Hall–Kier alpha value is -0.160. The van der Waals surface area contributed by atoms with E-state index in [2.05, 4.69) is 10.2 Å². The Labute approximate surface area is 98.5 Å². The quantitative estimate of drug-likeness (QED) is 0.719. The van der Waals surface area contributed by atoms with Gasteiger partial charge in [-0.1, -0.05) is 12.8 Å². The Morgan fingerprint density at radius 3 is 2.69 bits per heavy atom. The molecule has 2 atom stereocenters. The first-order valence-electron chi connectivity index (χ1n) is 6.65. The molecule has 1 aliphatic carbocycles. The second kappa shape index (κ2) is 6.55. The smallest absolute Gasteiger partial charge is 0.0594 e. The van der Waals surface area contributed by atoms with Crippen LogP contribution in [0, 0.1) is 0 Å². The predicted molar refractivity (Wildman–Crippen MR) is 65.5 cm³/mol. The van der Waals surface area contributed by atoms with Crippen LogP contribution in [0.25, 0.3) is 0 Å². The van der Waals surface area contributed by atoms with Gasteiger partial charge in [0, 0.05) is 38.3 Å². The molecule has 16 heavy (non-hydrogen) atoms. The maximum atomic E-state index is 6.10. The molecule has 4 nitrogen and oxygen atoms in total. The van der Waals surface area contributed by atoms with Gasteiger partial charge in [-0.25, -0.2) is 0 Å². The number of nitrogens with two attached hydrogens (primary N) is 1. The molecule has 94 valence electrons. The zero-order valence-corrected chi connectivity index (χ0v) is 10.2. The van der Waals surface area contributed by atoms with Gasteiger partial charge in [0.1, 0.15) is 0 Å². The van der Waals surface area contributed by atoms with Crippen molar-refractivity contribution in [2.45, 2.75) is 37.8 Å². The molecule has 2 aliphatic rings. The van der Waals surface area contributed by atoms with Crippen molar-refractivity contribution in [1.82, 2.24) is 10.2 Å². The van der Waals surface area contributed by atoms with E-state index < -0.39 is 0 Å². The topological polar surface area (TPSA) is 50.5 Å². The lowest BCUT2D eigenvalue weighted by atomic mass is 9.91. The first kappa shape index (κ1) is 12.3. The second-order valence-corrected chi connectivity index (χ2v) is 4.96. The van der Waals surface area contributed by atoms with Crippen LogP contribution in [0.2, 0.25) is 0 Å². The highest BCUT2D eigenvalue weighted by molar-refractivity contribution is 4.83. The number of nitrogens with zero attached hydrogens (tertiary/aromatic N) is 1. The summed E-state index contributed by atoms with van der Waals surface area (Å²) in [5.74, 6) is 0. The van der Waals surface area contributed by atoms with Gasteiger partial charge in [-0.05, 0) is 12.8 Å². The molecule has 1 aliphatic heterocycles. The third kappa shape index (κ3) is 3.70. The molecule has 0 radical (unpaired) electrons. The Balaban J connectivity index is 1.59. The van der Waals surface area contributed by atoms with Crippen LogP contribution in [0.5, 0.6) is 0 Å². The zero-order chi connectivity index (χ0) is 11.2. The van der Waals surface area contributed by atoms with Gasteiger partial charge in [0.15, 0.2) is 0 Å². The Bertz CT molecular complexity index is 195. The minimum Gasteiger partial charge on any atom is -0.379 e. The Kier molecular flexibility index (Phi) is 5.03. The van der Waals surface area contributed by atoms with Gasteiger partial charge in [-0.2, -0.15) is 0 Å². The van der Waals surface area contributed by atoms with E-state index >= 15 is 0 Å². The summed E-state index contributed by atoms with van der Waals surface area (Å²) in [4.78, 5) is 2.46. The predicted octanol–water partition coefficient (Wildman–Crippen LogP) is 0.178. The maximum Gasteiger partial charge on any atom is 0.0594 e. The second-order valence-electron chi connectivity index (χ2n) is 4.96. The fraction of sp³-hybridized carbons (Fsp3) is 1.00. The molecular weight excluding hydrogens is 202 g/mol. The van der Waals surface area contributed by atoms with Gasteiger partial charge < -0.3 is 15.8 Å². The van der Waals surface area contributed by atoms with E-state index in [1.807, 2.05) is 0 Å². The minimum absolute atomic E-state index is 0.374. The van der Waals surface area contributed by atoms with Crippen LogP contribution in [0.3, 0.4) is 0 Å². The molecule has 1 saturated carbocycles. The normalized spacial score (nSPS) is 32.8. The third-order valence-corrected chi connectivity index (χ3v) is 3.76. The van der Waals surface area contributed by atoms with E-state index in [1.54, 1.807) is 0 Å². The van der Waals surface area contributed by atoms with Crippen molar-refractivity contribution in [1.29, 1.82) is 0 Å². The van der Waals surface area contributed by atoms with Gasteiger partial charge in [-0.15, -0.1) is 0 Å². The molecule has 1 saturated heterocycles. The van der Waals surface area contributed by atoms with Crippen LogP contribution in [0.4, 0.5) is 0 Å². The molecule has 2 rings (SSSR count). The van der Waals surface area contributed by atoms with E-state index in [4.69, 9.17) is 10.5 Å². The minimum atomic E-state index is 0.374. The van der Waals surface area contributed by atoms with E-state index in [1.165, 1.54) is 25.7 Å². The van der Waals surface area contributed by atoms with Crippen molar-refractivity contribution in [3.05, 3.63) is 0 Å². The summed E-state index contributed by atoms with van der Waals surface area (Å²) >= 11 is 0. The molecule has 0 aromatic heterocycles. The van der Waals surface area contributed by atoms with Crippen molar-refractivity contribution >= 4 is 0 Å². The largest absolute Gasteiger partial charge is 0.379 e. The molecular formula is C12H25N3O. The Morgan fingerprint density at radius 2 is 1.94 bits per heavy atom. The van der Waals surface area contributed by atoms with Crippen LogP contribution >= 0.6 is 0 Å². The summed E-state index contributed by atoms with van der Waals surface area (Å²) in [7, 11) is 0. The molecule has 0 aromatic rings. The first-order chi connectivity index (χ1) is 7.86. The van der Waals surface area contributed by atoms with Crippen LogP contribution in [-0.4, -0.2) is 56.4 Å². The number of ether oxygens (including phenoxy) is 1. The summed E-state index contributed by atoms with van der Waals surface area (Å²) in [6, 6.07) is 0.924. The van der Waals surface area contributed by atoms with E-state index in [-0.39, 0.29) is 0 Å². The number of hydrogen-bond donors (Lipinski definition) is 2. The highest BCUT2D eigenvalue weighted by Crippen LogP contribution is 2.16. The standard InChI is InChI=1S/C12H25N3O/c13-11-3-1-2-4-12(11)14-5-6-15-7-9-16-10-8-15/h11-12,14H,1-10,13H2/t11-,12-/m1/s1. The van der Waals surface area contributed by atoms with Gasteiger partial charge in [0.25, 0.3) is 0 Å². The highest BCUT2D eigenvalue weighted by Gasteiger charge is 2.21. The summed E-state index contributed by atoms with van der Waals surface area (Å²) < 4.78 is 5.33. The lowest BCUT2D eigenvalue weighted by molar-refractivity contribution is 0.0379. The SMILES string of the molecule is N[C@@H]1CCCC[C@H]1NCCN1CCOCC1. The lowest BCUT2D eigenvalue weighted by Crippen LogP contribution is -2.49. The van der Waals surface area contributed by atoms with Crippen molar-refractivity contribution in [3.8, 4) is 0 Å². The average Bonchev–Trinajstić information content (AvgIpc) is 2.33. The zero-order valence-electron chi connectivity index (χ0n) is 10.2. The molecule has 0 aromatic carbocycles. The van der Waals surface area contributed by atoms with Crippen LogP contribution < -0.4 is 11.1 Å². The Morgan fingerprint density at radius 1 is 1.19 bits per heavy atom. The van der Waals surface area contributed by atoms with Crippen LogP contribution in [-0.2, 0) is 4.74 Å². The number of hydrogen-bond acceptors (Lipinski definition) is 4. The monoisotopic (exact) mass is 227 g/mol. The van der Waals surface area contributed by atoms with Crippen molar-refractivity contribution < 1.29 is 4.74 Å². The summed E-state index contributed by atoms with van der Waals surface area (Å²) in [5, 5.41) is 3.61. The molecule has 2 fully saturated rings. The summed E-state index contributed by atoms with van der Waals surface area (Å²) in [6.45, 7) is 6.15. The lowest BCUT2D eigenvalue weighted by Gasteiger charge is -2.31. The highest BCUT2D eigenvalue weighted by atomic mass is 16.5. The number of morpholine rings is 1. The van der Waals surface area contributed by atoms with Gasteiger partial charge in [0.2, 0.25) is 0 Å². The van der Waals surface area contributed by atoms with E-state index in [0.717, 1.165) is 39.4 Å². The molecule has 3 N–H and O–H groups in total. The van der Waals surface area contributed by atoms with E-state index in [9.17, 15) is 0 Å². The molecule has 0 bridgehead atoms. The fourth-order valence-electron chi connectivity index (χ4n) is 2.65. The van der Waals surface area contributed by atoms with Crippen molar-refractivity contribution in [2.75, 3.05) is 39.4 Å². The molecule has 0 spiro atoms. The van der Waals surface area contributed by atoms with Gasteiger partial charge in [0.05, 0.1) is 13.2 Å².